The molecule has 0 saturated carbocycles. The Labute approximate surface area is 109 Å². The van der Waals surface area contributed by atoms with Crippen molar-refractivity contribution in [1.29, 1.82) is 0 Å². The molecule has 1 aliphatic rings. The quantitative estimate of drug-likeness (QED) is 0.769. The van der Waals surface area contributed by atoms with E-state index in [0.717, 1.165) is 5.56 Å². The zero-order valence-electron chi connectivity index (χ0n) is 10.0. The molecule has 0 bridgehead atoms. The number of hydrogen-bond acceptors (Lipinski definition) is 4. The van der Waals surface area contributed by atoms with Gasteiger partial charge in [0.15, 0.2) is 17.3 Å². The lowest BCUT2D eigenvalue weighted by atomic mass is 9.88. The molecular weight excluding hydrogens is 244 g/mol. The van der Waals surface area contributed by atoms with Crippen LogP contribution < -0.4 is 4.74 Å². The monoisotopic (exact) mass is 256 g/mol. The minimum atomic E-state index is -0.457. The van der Waals surface area contributed by atoms with Gasteiger partial charge in [-0.2, -0.15) is 0 Å². The predicted octanol–water partition coefficient (Wildman–Crippen LogP) is 2.46. The summed E-state index contributed by atoms with van der Waals surface area (Å²) in [4.78, 5) is 12.4. The number of carbonyl (C=O) groups excluding carboxylic acids is 1. The molecule has 1 heterocycles. The highest BCUT2D eigenvalue weighted by Crippen LogP contribution is 2.41. The highest BCUT2D eigenvalue weighted by atomic mass is 16.5. The molecule has 0 saturated heterocycles. The molecule has 4 heteroatoms. The minimum absolute atomic E-state index is 0.0557. The van der Waals surface area contributed by atoms with Crippen molar-refractivity contribution >= 4 is 5.78 Å². The lowest BCUT2D eigenvalue weighted by molar-refractivity contribution is 0.0891. The molecule has 0 spiro atoms. The first-order valence-corrected chi connectivity index (χ1v) is 5.95. The lowest BCUT2D eigenvalue weighted by Crippen LogP contribution is -2.26. The van der Waals surface area contributed by atoms with E-state index in [2.05, 4.69) is 0 Å². The summed E-state index contributed by atoms with van der Waals surface area (Å²) in [6, 6.07) is 12.1. The molecule has 2 aromatic carbocycles. The van der Waals surface area contributed by atoms with Gasteiger partial charge in [-0.1, -0.05) is 30.3 Å². The number of phenolic OH excluding ortho intramolecular Hbond substituents is 2. The van der Waals surface area contributed by atoms with Crippen LogP contribution in [0.2, 0.25) is 0 Å². The SMILES string of the molecule is O=C1c2c(ccc(O)c2O)OCC1c1ccccc1. The number of phenols is 2. The zero-order chi connectivity index (χ0) is 13.4. The van der Waals surface area contributed by atoms with Crippen LogP contribution in [0.5, 0.6) is 17.2 Å². The van der Waals surface area contributed by atoms with Crippen LogP contribution in [0.3, 0.4) is 0 Å². The van der Waals surface area contributed by atoms with Crippen LogP contribution in [0.4, 0.5) is 0 Å². The first-order chi connectivity index (χ1) is 9.18. The van der Waals surface area contributed by atoms with Gasteiger partial charge in [0.2, 0.25) is 0 Å². The minimum Gasteiger partial charge on any atom is -0.504 e. The Bertz CT molecular complexity index is 634. The normalized spacial score (nSPS) is 17.7. The summed E-state index contributed by atoms with van der Waals surface area (Å²) >= 11 is 0. The number of fused-ring (bicyclic) bond motifs is 1. The Kier molecular flexibility index (Phi) is 2.63. The molecular formula is C15H12O4. The average Bonchev–Trinajstić information content (AvgIpc) is 2.44. The number of rotatable bonds is 1. The number of hydrogen-bond donors (Lipinski definition) is 2. The number of benzene rings is 2. The summed E-state index contributed by atoms with van der Waals surface area (Å²) < 4.78 is 5.50. The van der Waals surface area contributed by atoms with Crippen molar-refractivity contribution < 1.29 is 19.7 Å². The molecule has 4 nitrogen and oxygen atoms in total. The van der Waals surface area contributed by atoms with Gasteiger partial charge in [0, 0.05) is 0 Å². The molecule has 3 rings (SSSR count). The van der Waals surface area contributed by atoms with Crippen LogP contribution in [0.1, 0.15) is 21.8 Å². The number of carbonyl (C=O) groups is 1. The van der Waals surface area contributed by atoms with Gasteiger partial charge in [0.1, 0.15) is 17.9 Å². The molecule has 19 heavy (non-hydrogen) atoms. The highest BCUT2D eigenvalue weighted by Gasteiger charge is 2.33. The Morgan fingerprint density at radius 3 is 2.53 bits per heavy atom. The van der Waals surface area contributed by atoms with E-state index in [-0.39, 0.29) is 23.7 Å². The third-order valence-electron chi connectivity index (χ3n) is 3.29. The van der Waals surface area contributed by atoms with Gasteiger partial charge in [-0.05, 0) is 17.7 Å². The Morgan fingerprint density at radius 2 is 1.79 bits per heavy atom. The Hall–Kier alpha value is -2.49. The largest absolute Gasteiger partial charge is 0.504 e. The fourth-order valence-electron chi connectivity index (χ4n) is 2.28. The van der Waals surface area contributed by atoms with Crippen molar-refractivity contribution in [2.45, 2.75) is 5.92 Å². The van der Waals surface area contributed by atoms with E-state index in [9.17, 15) is 15.0 Å². The van der Waals surface area contributed by atoms with E-state index in [1.54, 1.807) is 0 Å². The second kappa shape index (κ2) is 4.31. The molecule has 1 aliphatic heterocycles. The molecule has 0 fully saturated rings. The molecule has 0 aliphatic carbocycles. The molecule has 2 N–H and O–H groups in total. The van der Waals surface area contributed by atoms with E-state index >= 15 is 0 Å². The predicted molar refractivity (Wildman–Crippen MR) is 68.8 cm³/mol. The van der Waals surface area contributed by atoms with Gasteiger partial charge in [0.25, 0.3) is 0 Å². The topological polar surface area (TPSA) is 66.8 Å². The van der Waals surface area contributed by atoms with Gasteiger partial charge in [-0.3, -0.25) is 4.79 Å². The third kappa shape index (κ3) is 1.81. The van der Waals surface area contributed by atoms with Gasteiger partial charge in [-0.25, -0.2) is 0 Å². The van der Waals surface area contributed by atoms with E-state index in [0.29, 0.717) is 5.75 Å². The fourth-order valence-corrected chi connectivity index (χ4v) is 2.28. The van der Waals surface area contributed by atoms with E-state index in [4.69, 9.17) is 4.74 Å². The summed E-state index contributed by atoms with van der Waals surface area (Å²) in [6.07, 6.45) is 0. The first-order valence-electron chi connectivity index (χ1n) is 5.95. The second-order valence-electron chi connectivity index (χ2n) is 4.44. The van der Waals surface area contributed by atoms with E-state index in [1.165, 1.54) is 12.1 Å². The zero-order valence-corrected chi connectivity index (χ0v) is 10.0. The highest BCUT2D eigenvalue weighted by molar-refractivity contribution is 6.06. The van der Waals surface area contributed by atoms with Crippen LogP contribution in [0, 0.1) is 0 Å². The molecule has 1 unspecified atom stereocenters. The van der Waals surface area contributed by atoms with Crippen molar-refractivity contribution in [1.82, 2.24) is 0 Å². The van der Waals surface area contributed by atoms with Gasteiger partial charge in [-0.15, -0.1) is 0 Å². The molecule has 96 valence electrons. The Morgan fingerprint density at radius 1 is 1.05 bits per heavy atom. The summed E-state index contributed by atoms with van der Waals surface area (Å²) in [5, 5.41) is 19.3. The van der Waals surface area contributed by atoms with Gasteiger partial charge >= 0.3 is 0 Å². The van der Waals surface area contributed by atoms with Gasteiger partial charge < -0.3 is 14.9 Å². The smallest absolute Gasteiger partial charge is 0.181 e. The summed E-state index contributed by atoms with van der Waals surface area (Å²) in [6.45, 7) is 0.236. The maximum atomic E-state index is 12.4. The number of aromatic hydroxyl groups is 2. The van der Waals surface area contributed by atoms with Crippen LogP contribution in [0.15, 0.2) is 42.5 Å². The van der Waals surface area contributed by atoms with E-state index < -0.39 is 11.7 Å². The number of ether oxygens (including phenoxy) is 1. The third-order valence-corrected chi connectivity index (χ3v) is 3.29. The Balaban J connectivity index is 2.07. The maximum Gasteiger partial charge on any atom is 0.181 e. The molecule has 0 radical (unpaired) electrons. The fraction of sp³-hybridized carbons (Fsp3) is 0.133. The van der Waals surface area contributed by atoms with Crippen molar-refractivity contribution in [2.75, 3.05) is 6.61 Å². The standard InChI is InChI=1S/C15H12O4/c16-11-6-7-12-13(15(11)18)14(17)10(8-19-12)9-4-2-1-3-5-9/h1-7,10,16,18H,8H2. The average molecular weight is 256 g/mol. The van der Waals surface area contributed by atoms with Crippen molar-refractivity contribution in [3.05, 3.63) is 53.6 Å². The van der Waals surface area contributed by atoms with Gasteiger partial charge in [0.05, 0.1) is 5.92 Å². The van der Waals surface area contributed by atoms with Crippen molar-refractivity contribution in [2.24, 2.45) is 0 Å². The maximum absolute atomic E-state index is 12.4. The summed E-state index contributed by atoms with van der Waals surface area (Å²) in [7, 11) is 0. The van der Waals surface area contributed by atoms with Crippen molar-refractivity contribution in [3.63, 3.8) is 0 Å². The second-order valence-corrected chi connectivity index (χ2v) is 4.44. The number of Topliss-reactive ketones (excluding diaryl/α,β-unsaturated/α-hetero) is 1. The van der Waals surface area contributed by atoms with E-state index in [1.807, 2.05) is 30.3 Å². The van der Waals surface area contributed by atoms with Crippen molar-refractivity contribution in [3.8, 4) is 17.2 Å². The van der Waals surface area contributed by atoms with Crippen LogP contribution >= 0.6 is 0 Å². The van der Waals surface area contributed by atoms with Crippen LogP contribution in [-0.2, 0) is 0 Å². The molecule has 0 amide bonds. The first kappa shape index (κ1) is 11.6. The molecule has 1 atom stereocenters. The van der Waals surface area contributed by atoms with Crippen LogP contribution in [-0.4, -0.2) is 22.6 Å². The lowest BCUT2D eigenvalue weighted by Gasteiger charge is -2.25. The molecule has 0 aromatic heterocycles. The van der Waals surface area contributed by atoms with Crippen LogP contribution in [0.25, 0.3) is 0 Å². The molecule has 2 aromatic rings. The summed E-state index contributed by atoms with van der Waals surface area (Å²) in [5.74, 6) is -1.11. The number of ketones is 1. The summed E-state index contributed by atoms with van der Waals surface area (Å²) in [5.41, 5.74) is 0.890.